The highest BCUT2D eigenvalue weighted by Crippen LogP contribution is 2.33. The zero-order valence-corrected chi connectivity index (χ0v) is 25.0. The Bertz CT molecular complexity index is 1340. The number of fused-ring (bicyclic) bond motifs is 1. The van der Waals surface area contributed by atoms with Crippen LogP contribution in [0.25, 0.3) is 10.8 Å². The van der Waals surface area contributed by atoms with Gasteiger partial charge in [0.15, 0.2) is 0 Å². The summed E-state index contributed by atoms with van der Waals surface area (Å²) >= 11 is 0. The first-order chi connectivity index (χ1) is 18.8. The SMILES string of the molecule is CCc1ccc(C(C(=O)Nc2ccc3ccccc3c2)N(C(=O)C(C)NC(=O)OC(C)(C)C)C(C)(C)CC)cc1. The van der Waals surface area contributed by atoms with Gasteiger partial charge in [-0.25, -0.2) is 4.79 Å². The Kier molecular flexibility index (Phi) is 9.61. The molecular formula is C33H43N3O4. The average Bonchev–Trinajstić information content (AvgIpc) is 2.90. The first kappa shape index (κ1) is 30.7. The largest absolute Gasteiger partial charge is 0.444 e. The van der Waals surface area contributed by atoms with Crippen LogP contribution in [0.4, 0.5) is 10.5 Å². The smallest absolute Gasteiger partial charge is 0.408 e. The molecule has 3 aromatic carbocycles. The standard InChI is InChI=1S/C33H43N3O4/c1-9-23-15-17-25(18-16-23)28(29(37)35-27-20-19-24-13-11-12-14-26(24)21-27)36(33(7,8)10-2)30(38)22(3)34-31(39)40-32(4,5)6/h11-22,28H,9-10H2,1-8H3,(H,34,39)(H,35,37). The highest BCUT2D eigenvalue weighted by molar-refractivity contribution is 6.00. The normalized spacial score (nSPS) is 13.3. The minimum Gasteiger partial charge on any atom is -0.444 e. The number of carbonyl (C=O) groups excluding carboxylic acids is 3. The van der Waals surface area contributed by atoms with Crippen molar-refractivity contribution in [3.05, 3.63) is 77.9 Å². The minimum absolute atomic E-state index is 0.334. The summed E-state index contributed by atoms with van der Waals surface area (Å²) < 4.78 is 5.38. The van der Waals surface area contributed by atoms with Gasteiger partial charge in [0.2, 0.25) is 5.91 Å². The lowest BCUT2D eigenvalue weighted by atomic mass is 9.91. The van der Waals surface area contributed by atoms with Gasteiger partial charge in [0.05, 0.1) is 0 Å². The lowest BCUT2D eigenvalue weighted by Gasteiger charge is -2.44. The summed E-state index contributed by atoms with van der Waals surface area (Å²) in [7, 11) is 0. The van der Waals surface area contributed by atoms with Crippen LogP contribution in [-0.2, 0) is 20.7 Å². The number of amides is 3. The topological polar surface area (TPSA) is 87.7 Å². The number of anilines is 1. The maximum absolute atomic E-state index is 14.1. The molecule has 0 bridgehead atoms. The molecule has 0 radical (unpaired) electrons. The third-order valence-electron chi connectivity index (χ3n) is 7.09. The number of rotatable bonds is 9. The van der Waals surface area contributed by atoms with Crippen LogP contribution < -0.4 is 10.6 Å². The van der Waals surface area contributed by atoms with Gasteiger partial charge in [0, 0.05) is 11.2 Å². The Morgan fingerprint density at radius 3 is 2.08 bits per heavy atom. The van der Waals surface area contributed by atoms with E-state index in [2.05, 4.69) is 17.6 Å². The van der Waals surface area contributed by atoms with Crippen molar-refractivity contribution >= 4 is 34.4 Å². The molecule has 0 spiro atoms. The summed E-state index contributed by atoms with van der Waals surface area (Å²) in [6.45, 7) is 14.8. The first-order valence-electron chi connectivity index (χ1n) is 14.0. The van der Waals surface area contributed by atoms with Crippen molar-refractivity contribution in [3.63, 3.8) is 0 Å². The fourth-order valence-corrected chi connectivity index (χ4v) is 4.53. The van der Waals surface area contributed by atoms with E-state index in [0.29, 0.717) is 17.7 Å². The van der Waals surface area contributed by atoms with Crippen LogP contribution in [-0.4, -0.2) is 40.0 Å². The minimum atomic E-state index is -0.942. The molecule has 0 fully saturated rings. The van der Waals surface area contributed by atoms with E-state index in [9.17, 15) is 14.4 Å². The summed E-state index contributed by atoms with van der Waals surface area (Å²) in [5.74, 6) is -0.713. The van der Waals surface area contributed by atoms with Crippen LogP contribution in [0.2, 0.25) is 0 Å². The Balaban J connectivity index is 2.04. The van der Waals surface area contributed by atoms with E-state index in [1.807, 2.05) is 87.5 Å². The molecule has 2 atom stereocenters. The predicted octanol–water partition coefficient (Wildman–Crippen LogP) is 7.01. The Morgan fingerprint density at radius 1 is 0.875 bits per heavy atom. The van der Waals surface area contributed by atoms with Gasteiger partial charge in [0.25, 0.3) is 5.91 Å². The number of carbonyl (C=O) groups is 3. The molecule has 0 aliphatic carbocycles. The van der Waals surface area contributed by atoms with Crippen LogP contribution in [0.5, 0.6) is 0 Å². The van der Waals surface area contributed by atoms with Gasteiger partial charge >= 0.3 is 6.09 Å². The van der Waals surface area contributed by atoms with E-state index < -0.39 is 29.3 Å². The van der Waals surface area contributed by atoms with Gasteiger partial charge < -0.3 is 20.3 Å². The van der Waals surface area contributed by atoms with Crippen molar-refractivity contribution in [2.75, 3.05) is 5.32 Å². The van der Waals surface area contributed by atoms with E-state index in [1.165, 1.54) is 0 Å². The van der Waals surface area contributed by atoms with Crippen LogP contribution in [0.15, 0.2) is 66.7 Å². The van der Waals surface area contributed by atoms with Gasteiger partial charge in [-0.3, -0.25) is 9.59 Å². The molecule has 3 amide bonds. The molecule has 2 unspecified atom stereocenters. The van der Waals surface area contributed by atoms with Crippen LogP contribution in [0.1, 0.15) is 79.0 Å². The Hall–Kier alpha value is -3.87. The number of benzene rings is 3. The molecule has 7 heteroatoms. The van der Waals surface area contributed by atoms with Crippen molar-refractivity contribution < 1.29 is 19.1 Å². The van der Waals surface area contributed by atoms with E-state index >= 15 is 0 Å². The number of hydrogen-bond acceptors (Lipinski definition) is 4. The lowest BCUT2D eigenvalue weighted by Crippen LogP contribution is -2.58. The number of alkyl carbamates (subject to hydrolysis) is 1. The number of aryl methyl sites for hydroxylation is 1. The van der Waals surface area contributed by atoms with Gasteiger partial charge in [-0.15, -0.1) is 0 Å². The molecule has 2 N–H and O–H groups in total. The van der Waals surface area contributed by atoms with Crippen molar-refractivity contribution in [1.29, 1.82) is 0 Å². The van der Waals surface area contributed by atoms with Crippen LogP contribution >= 0.6 is 0 Å². The van der Waals surface area contributed by atoms with Crippen LogP contribution in [0.3, 0.4) is 0 Å². The third-order valence-corrected chi connectivity index (χ3v) is 7.09. The van der Waals surface area contributed by atoms with Gasteiger partial charge in [-0.05, 0) is 88.4 Å². The van der Waals surface area contributed by atoms with E-state index in [-0.39, 0.29) is 11.8 Å². The molecule has 0 saturated carbocycles. The molecular weight excluding hydrogens is 502 g/mol. The van der Waals surface area contributed by atoms with Gasteiger partial charge in [-0.2, -0.15) is 0 Å². The molecule has 7 nitrogen and oxygen atoms in total. The second kappa shape index (κ2) is 12.5. The number of ether oxygens (including phenoxy) is 1. The maximum Gasteiger partial charge on any atom is 0.408 e. The second-order valence-corrected chi connectivity index (χ2v) is 11.8. The number of nitrogens with one attached hydrogen (secondary N) is 2. The van der Waals surface area contributed by atoms with Crippen molar-refractivity contribution in [3.8, 4) is 0 Å². The first-order valence-corrected chi connectivity index (χ1v) is 14.0. The molecule has 0 aromatic heterocycles. The third kappa shape index (κ3) is 7.62. The van der Waals surface area contributed by atoms with Gasteiger partial charge in [-0.1, -0.05) is 68.4 Å². The zero-order valence-electron chi connectivity index (χ0n) is 25.0. The van der Waals surface area contributed by atoms with Gasteiger partial charge in [0.1, 0.15) is 17.7 Å². The number of nitrogens with zero attached hydrogens (tertiary/aromatic N) is 1. The maximum atomic E-state index is 14.1. The summed E-state index contributed by atoms with van der Waals surface area (Å²) in [4.78, 5) is 42.4. The second-order valence-electron chi connectivity index (χ2n) is 11.8. The highest BCUT2D eigenvalue weighted by atomic mass is 16.6. The van der Waals surface area contributed by atoms with Crippen molar-refractivity contribution in [2.45, 2.75) is 91.5 Å². The van der Waals surface area contributed by atoms with E-state index in [4.69, 9.17) is 4.74 Å². The predicted molar refractivity (Wildman–Crippen MR) is 161 cm³/mol. The summed E-state index contributed by atoms with van der Waals surface area (Å²) in [6.07, 6.45) is 0.755. The molecule has 3 aromatic rings. The summed E-state index contributed by atoms with van der Waals surface area (Å²) in [5, 5.41) is 7.79. The molecule has 40 heavy (non-hydrogen) atoms. The van der Waals surface area contributed by atoms with E-state index in [1.54, 1.807) is 32.6 Å². The average molecular weight is 546 g/mol. The molecule has 3 rings (SSSR count). The summed E-state index contributed by atoms with van der Waals surface area (Å²) in [5.41, 5.74) is 1.04. The molecule has 0 aliphatic heterocycles. The Morgan fingerprint density at radius 2 is 1.50 bits per heavy atom. The molecule has 0 heterocycles. The highest BCUT2D eigenvalue weighted by Gasteiger charge is 2.42. The fraction of sp³-hybridized carbons (Fsp3) is 0.424. The van der Waals surface area contributed by atoms with Crippen molar-refractivity contribution in [2.24, 2.45) is 0 Å². The fourth-order valence-electron chi connectivity index (χ4n) is 4.53. The number of hydrogen-bond donors (Lipinski definition) is 2. The van der Waals surface area contributed by atoms with Crippen LogP contribution in [0, 0.1) is 0 Å². The lowest BCUT2D eigenvalue weighted by molar-refractivity contribution is -0.147. The Labute approximate surface area is 238 Å². The zero-order chi connectivity index (χ0) is 29.7. The quantitative estimate of drug-likeness (QED) is 0.303. The monoisotopic (exact) mass is 545 g/mol. The molecule has 0 aliphatic rings. The molecule has 214 valence electrons. The summed E-state index contributed by atoms with van der Waals surface area (Å²) in [6, 6.07) is 19.6. The van der Waals surface area contributed by atoms with Crippen molar-refractivity contribution in [1.82, 2.24) is 10.2 Å². The van der Waals surface area contributed by atoms with E-state index in [0.717, 1.165) is 22.8 Å². The molecule has 0 saturated heterocycles.